The van der Waals surface area contributed by atoms with Gasteiger partial charge in [0.15, 0.2) is 6.29 Å². The molecule has 1 heterocycles. The Bertz CT molecular complexity index is 1110. The molecular weight excluding hydrogens is 560 g/mol. The molecule has 0 aromatic carbocycles. The fourth-order valence-electron chi connectivity index (χ4n) is 11.5. The second-order valence-electron chi connectivity index (χ2n) is 16.8. The Labute approximate surface area is 264 Å². The zero-order valence-electron chi connectivity index (χ0n) is 28.2. The van der Waals surface area contributed by atoms with Gasteiger partial charge in [-0.2, -0.15) is 0 Å². The number of hydrogen-bond donors (Lipinski definition) is 6. The second kappa shape index (κ2) is 12.0. The fraction of sp³-hybridized carbons (Fsp3) is 0.889. The minimum absolute atomic E-state index is 0.112. The molecule has 1 saturated heterocycles. The second-order valence-corrected chi connectivity index (χ2v) is 16.8. The van der Waals surface area contributed by atoms with Crippen LogP contribution in [-0.2, 0) is 9.47 Å². The lowest BCUT2D eigenvalue weighted by molar-refractivity contribution is -0.346. The summed E-state index contributed by atoms with van der Waals surface area (Å²) in [5.74, 6) is 0.506. The van der Waals surface area contributed by atoms with E-state index in [1.165, 1.54) is 11.1 Å². The highest BCUT2D eigenvalue weighted by molar-refractivity contribution is 5.24. The summed E-state index contributed by atoms with van der Waals surface area (Å²) in [6, 6.07) is 0. The predicted octanol–water partition coefficient (Wildman–Crippen LogP) is 4.10. The topological polar surface area (TPSA) is 140 Å². The van der Waals surface area contributed by atoms with Crippen molar-refractivity contribution in [1.82, 2.24) is 0 Å². The summed E-state index contributed by atoms with van der Waals surface area (Å²) in [4.78, 5) is 0. The summed E-state index contributed by atoms with van der Waals surface area (Å²) in [7, 11) is 0. The molecule has 0 aromatic heterocycles. The molecule has 5 rings (SSSR count). The van der Waals surface area contributed by atoms with Crippen LogP contribution in [0.5, 0.6) is 0 Å². The van der Waals surface area contributed by atoms with Gasteiger partial charge in [0.25, 0.3) is 0 Å². The van der Waals surface area contributed by atoms with Gasteiger partial charge in [-0.25, -0.2) is 0 Å². The quantitative estimate of drug-likeness (QED) is 0.193. The monoisotopic (exact) mass is 620 g/mol. The van der Waals surface area contributed by atoms with Crippen molar-refractivity contribution in [2.75, 3.05) is 6.61 Å². The van der Waals surface area contributed by atoms with Crippen LogP contribution in [0.2, 0.25) is 0 Å². The Morgan fingerprint density at radius 2 is 1.55 bits per heavy atom. The first-order valence-electron chi connectivity index (χ1n) is 17.1. The van der Waals surface area contributed by atoms with Crippen molar-refractivity contribution in [2.24, 2.45) is 45.3 Å². The molecule has 252 valence electrons. The van der Waals surface area contributed by atoms with Gasteiger partial charge in [0.2, 0.25) is 0 Å². The van der Waals surface area contributed by atoms with Crippen LogP contribution in [0.4, 0.5) is 0 Å². The number of rotatable bonds is 6. The van der Waals surface area contributed by atoms with E-state index in [1.54, 1.807) is 0 Å². The first kappa shape index (κ1) is 34.5. The Hall–Kier alpha value is -0.840. The molecule has 4 saturated carbocycles. The van der Waals surface area contributed by atoms with E-state index in [-0.39, 0.29) is 34.0 Å². The highest BCUT2D eigenvalue weighted by Crippen LogP contribution is 2.76. The average molecular weight is 621 g/mol. The van der Waals surface area contributed by atoms with Crippen molar-refractivity contribution < 1.29 is 40.1 Å². The zero-order valence-corrected chi connectivity index (χ0v) is 28.2. The van der Waals surface area contributed by atoms with Crippen LogP contribution in [0.25, 0.3) is 0 Å². The lowest BCUT2D eigenvalue weighted by Gasteiger charge is -2.72. The summed E-state index contributed by atoms with van der Waals surface area (Å²) in [5.41, 5.74) is 1.49. The molecule has 15 atom stereocenters. The number of hydrogen-bond acceptors (Lipinski definition) is 8. The van der Waals surface area contributed by atoms with Crippen LogP contribution in [0, 0.1) is 45.3 Å². The van der Waals surface area contributed by atoms with E-state index >= 15 is 0 Å². The molecule has 8 nitrogen and oxygen atoms in total. The third kappa shape index (κ3) is 5.18. The molecule has 0 amide bonds. The van der Waals surface area contributed by atoms with Gasteiger partial charge in [0.05, 0.1) is 24.9 Å². The van der Waals surface area contributed by atoms with E-state index in [4.69, 9.17) is 9.47 Å². The lowest BCUT2D eigenvalue weighted by atomic mass is 9.34. The van der Waals surface area contributed by atoms with Gasteiger partial charge < -0.3 is 40.1 Å². The molecule has 8 heteroatoms. The highest BCUT2D eigenvalue weighted by Gasteiger charge is 2.72. The van der Waals surface area contributed by atoms with Gasteiger partial charge >= 0.3 is 0 Å². The normalized spacial score (nSPS) is 52.1. The summed E-state index contributed by atoms with van der Waals surface area (Å²) in [6.07, 6.45) is 2.23. The third-order valence-corrected chi connectivity index (χ3v) is 13.9. The van der Waals surface area contributed by atoms with Crippen LogP contribution in [0.15, 0.2) is 23.3 Å². The summed E-state index contributed by atoms with van der Waals surface area (Å²) < 4.78 is 12.6. The van der Waals surface area contributed by atoms with Gasteiger partial charge in [0, 0.05) is 0 Å². The van der Waals surface area contributed by atoms with Crippen molar-refractivity contribution in [3.05, 3.63) is 23.3 Å². The maximum Gasteiger partial charge on any atom is 0.186 e. The fourth-order valence-corrected chi connectivity index (χ4v) is 11.5. The number of aliphatic hydroxyl groups is 6. The predicted molar refractivity (Wildman–Crippen MR) is 168 cm³/mol. The molecule has 3 unspecified atom stereocenters. The minimum atomic E-state index is -1.52. The molecule has 44 heavy (non-hydrogen) atoms. The van der Waals surface area contributed by atoms with E-state index in [9.17, 15) is 30.6 Å². The van der Waals surface area contributed by atoms with Crippen LogP contribution < -0.4 is 0 Å². The van der Waals surface area contributed by atoms with Crippen molar-refractivity contribution in [3.63, 3.8) is 0 Å². The third-order valence-electron chi connectivity index (χ3n) is 13.9. The van der Waals surface area contributed by atoms with Crippen LogP contribution in [0.3, 0.4) is 0 Å². The zero-order chi connectivity index (χ0) is 32.6. The molecule has 0 radical (unpaired) electrons. The molecule has 0 aromatic rings. The van der Waals surface area contributed by atoms with E-state index in [0.717, 1.165) is 25.7 Å². The van der Waals surface area contributed by atoms with Gasteiger partial charge in [-0.15, -0.1) is 0 Å². The van der Waals surface area contributed by atoms with Gasteiger partial charge in [0.1, 0.15) is 24.4 Å². The Kier molecular flexibility index (Phi) is 9.40. The van der Waals surface area contributed by atoms with Crippen molar-refractivity contribution >= 4 is 0 Å². The van der Waals surface area contributed by atoms with Gasteiger partial charge in [-0.1, -0.05) is 57.9 Å². The van der Waals surface area contributed by atoms with E-state index in [2.05, 4.69) is 67.5 Å². The largest absolute Gasteiger partial charge is 0.394 e. The maximum atomic E-state index is 12.0. The van der Waals surface area contributed by atoms with Crippen LogP contribution >= 0.6 is 0 Å². The average Bonchev–Trinajstić information content (AvgIpc) is 3.32. The van der Waals surface area contributed by atoms with E-state index < -0.39 is 61.0 Å². The number of ether oxygens (including phenoxy) is 2. The van der Waals surface area contributed by atoms with Crippen LogP contribution in [-0.4, -0.2) is 86.3 Å². The van der Waals surface area contributed by atoms with Crippen molar-refractivity contribution in [1.29, 1.82) is 0 Å². The first-order chi connectivity index (χ1) is 20.4. The Morgan fingerprint density at radius 1 is 0.864 bits per heavy atom. The highest BCUT2D eigenvalue weighted by atomic mass is 16.7. The minimum Gasteiger partial charge on any atom is -0.394 e. The standard InChI is InChI=1S/C36H60O8/c1-19(2)10-9-11-20(3)21-12-15-35(7)27(21)22(38)16-25-34(6)14-13-26(39)33(4,5)31(34)23(17-36(25,35)8)43-32-30(42)29(41)28(40)24(18-37)44-32/h10-11,21-32,37-42H,9,12-18H2,1-8H3/b20-11-/t21-,22-,23+,24?,25-,26+,27+,28-,29?,30?,31+,32-,34-,35-,36-/m1/s1. The summed E-state index contributed by atoms with van der Waals surface area (Å²) in [5, 5.41) is 65.2. The lowest BCUT2D eigenvalue weighted by Crippen LogP contribution is -2.70. The van der Waals surface area contributed by atoms with Gasteiger partial charge in [-0.3, -0.25) is 0 Å². The smallest absolute Gasteiger partial charge is 0.186 e. The molecule has 5 fully saturated rings. The molecule has 6 N–H and O–H groups in total. The molecule has 5 aliphatic rings. The first-order valence-corrected chi connectivity index (χ1v) is 17.1. The Balaban J connectivity index is 1.55. The molecule has 1 aliphatic heterocycles. The SMILES string of the molecule is CC(C)=CC/C=C(/C)[C@H]1CC[C@]2(C)[C@@H]1[C@H](O)C[C@@H]1[C@@]3(C)CC[C@H](O)C(C)(C)[C@@H]3[C@@H](O[C@@H]3OC(CO)[C@@H](O)C(O)C3O)C[C@]12C. The molecule has 4 aliphatic carbocycles. The van der Waals surface area contributed by atoms with E-state index in [1.807, 2.05) is 0 Å². The molecule has 0 spiro atoms. The summed E-state index contributed by atoms with van der Waals surface area (Å²) >= 11 is 0. The molecule has 0 bridgehead atoms. The van der Waals surface area contributed by atoms with Crippen molar-refractivity contribution in [2.45, 2.75) is 149 Å². The van der Waals surface area contributed by atoms with E-state index in [0.29, 0.717) is 25.2 Å². The van der Waals surface area contributed by atoms with Crippen molar-refractivity contribution in [3.8, 4) is 0 Å². The van der Waals surface area contributed by atoms with Gasteiger partial charge in [-0.05, 0) is 111 Å². The van der Waals surface area contributed by atoms with Crippen LogP contribution in [0.1, 0.15) is 100 Å². The summed E-state index contributed by atoms with van der Waals surface area (Å²) in [6.45, 7) is 17.2. The number of fused-ring (bicyclic) bond motifs is 5. The Morgan fingerprint density at radius 3 is 2.18 bits per heavy atom. The number of allylic oxidation sites excluding steroid dienone is 4. The number of aliphatic hydroxyl groups excluding tert-OH is 6. The maximum absolute atomic E-state index is 12.0. The molecular formula is C36H60O8.